The van der Waals surface area contributed by atoms with Crippen LogP contribution in [0.2, 0.25) is 0 Å². The fourth-order valence-electron chi connectivity index (χ4n) is 3.78. The van der Waals surface area contributed by atoms with Gasteiger partial charge >= 0.3 is 0 Å². The zero-order valence-electron chi connectivity index (χ0n) is 18.6. The van der Waals surface area contributed by atoms with Crippen molar-refractivity contribution in [2.24, 2.45) is 0 Å². The molecule has 5 rings (SSSR count). The molecule has 33 heavy (non-hydrogen) atoms. The van der Waals surface area contributed by atoms with Gasteiger partial charge in [0.25, 0.3) is 0 Å². The van der Waals surface area contributed by atoms with Crippen LogP contribution in [0.3, 0.4) is 0 Å². The first-order valence-corrected chi connectivity index (χ1v) is 11.8. The Bertz CT molecular complexity index is 1340. The van der Waals surface area contributed by atoms with Gasteiger partial charge in [0.05, 0.1) is 17.9 Å². The summed E-state index contributed by atoms with van der Waals surface area (Å²) in [6.07, 6.45) is 3.60. The number of aryl methyl sites for hydroxylation is 2. The van der Waals surface area contributed by atoms with Gasteiger partial charge in [-0.1, -0.05) is 54.2 Å². The molecule has 3 heterocycles. The van der Waals surface area contributed by atoms with Gasteiger partial charge in [-0.3, -0.25) is 9.55 Å². The number of hydrogen-bond donors (Lipinski definition) is 0. The first kappa shape index (κ1) is 21.2. The van der Waals surface area contributed by atoms with Crippen molar-refractivity contribution in [3.8, 4) is 17.1 Å². The van der Waals surface area contributed by atoms with E-state index in [0.717, 1.165) is 39.4 Å². The van der Waals surface area contributed by atoms with Gasteiger partial charge in [0, 0.05) is 29.4 Å². The molecule has 5 aromatic rings. The summed E-state index contributed by atoms with van der Waals surface area (Å²) in [7, 11) is 0. The number of rotatable bonds is 7. The monoisotopic (exact) mass is 452 g/mol. The largest absolute Gasteiger partial charge is 0.297 e. The van der Waals surface area contributed by atoms with Crippen molar-refractivity contribution in [1.82, 2.24) is 29.5 Å². The molecule has 7 heteroatoms. The maximum atomic E-state index is 4.57. The quantitative estimate of drug-likeness (QED) is 0.306. The number of pyridine rings is 1. The van der Waals surface area contributed by atoms with Crippen molar-refractivity contribution in [2.75, 3.05) is 0 Å². The number of benzene rings is 2. The van der Waals surface area contributed by atoms with E-state index in [9.17, 15) is 0 Å². The lowest BCUT2D eigenvalue weighted by Gasteiger charge is -2.11. The Labute approximate surface area is 197 Å². The van der Waals surface area contributed by atoms with Crippen molar-refractivity contribution in [2.45, 2.75) is 31.3 Å². The highest BCUT2D eigenvalue weighted by molar-refractivity contribution is 7.98. The lowest BCUT2D eigenvalue weighted by molar-refractivity contribution is 0.714. The second-order valence-corrected chi connectivity index (χ2v) is 8.86. The maximum absolute atomic E-state index is 4.57. The first-order valence-electron chi connectivity index (χ1n) is 10.8. The van der Waals surface area contributed by atoms with E-state index in [2.05, 4.69) is 86.4 Å². The Kier molecular flexibility index (Phi) is 6.04. The molecule has 6 nitrogen and oxygen atoms in total. The number of thioether (sulfide) groups is 1. The molecular formula is C26H24N6S. The normalized spacial score (nSPS) is 11.1. The van der Waals surface area contributed by atoms with Crippen LogP contribution in [0, 0.1) is 13.8 Å². The highest BCUT2D eigenvalue weighted by Gasteiger charge is 2.15. The summed E-state index contributed by atoms with van der Waals surface area (Å²) in [4.78, 5) is 4.26. The zero-order chi connectivity index (χ0) is 22.6. The third-order valence-electron chi connectivity index (χ3n) is 5.38. The summed E-state index contributed by atoms with van der Waals surface area (Å²) in [5.41, 5.74) is 6.62. The summed E-state index contributed by atoms with van der Waals surface area (Å²) in [6, 6.07) is 25.0. The van der Waals surface area contributed by atoms with E-state index in [-0.39, 0.29) is 0 Å². The number of nitrogens with zero attached hydrogens (tertiary/aromatic N) is 6. The van der Waals surface area contributed by atoms with Crippen molar-refractivity contribution in [3.05, 3.63) is 108 Å². The highest BCUT2D eigenvalue weighted by atomic mass is 32.2. The first-order chi connectivity index (χ1) is 16.2. The van der Waals surface area contributed by atoms with Crippen LogP contribution in [0.4, 0.5) is 0 Å². The molecule has 2 aromatic carbocycles. The second-order valence-electron chi connectivity index (χ2n) is 7.91. The molecule has 0 atom stereocenters. The Balaban J connectivity index is 1.38. The van der Waals surface area contributed by atoms with Gasteiger partial charge < -0.3 is 0 Å². The Morgan fingerprint density at radius 1 is 0.848 bits per heavy atom. The number of hydrogen-bond acceptors (Lipinski definition) is 5. The summed E-state index contributed by atoms with van der Waals surface area (Å²) in [5, 5.41) is 14.5. The summed E-state index contributed by atoms with van der Waals surface area (Å²) in [6.45, 7) is 4.79. The SMILES string of the molecule is Cc1cc(C)n(-c2ccc(CSc3nnc(-c4cccnc4)n3Cc3ccccc3)cc2)n1. The lowest BCUT2D eigenvalue weighted by Crippen LogP contribution is -2.04. The predicted octanol–water partition coefficient (Wildman–Crippen LogP) is 5.48. The summed E-state index contributed by atoms with van der Waals surface area (Å²) in [5.74, 6) is 1.63. The smallest absolute Gasteiger partial charge is 0.192 e. The number of aromatic nitrogens is 6. The molecule has 0 aliphatic carbocycles. The standard InChI is InChI=1S/C26H24N6S/c1-19-15-20(2)32(30-19)24-12-10-22(11-13-24)18-33-26-29-28-25(23-9-6-14-27-16-23)31(26)17-21-7-4-3-5-8-21/h3-16H,17-18H2,1-2H3. The van der Waals surface area contributed by atoms with Crippen LogP contribution in [0.1, 0.15) is 22.5 Å². The van der Waals surface area contributed by atoms with Crippen LogP contribution in [0.25, 0.3) is 17.1 Å². The van der Waals surface area contributed by atoms with E-state index in [0.29, 0.717) is 6.54 Å². The van der Waals surface area contributed by atoms with Crippen molar-refractivity contribution in [3.63, 3.8) is 0 Å². The van der Waals surface area contributed by atoms with E-state index < -0.39 is 0 Å². The van der Waals surface area contributed by atoms with Gasteiger partial charge in [-0.15, -0.1) is 10.2 Å². The Hall–Kier alpha value is -3.71. The van der Waals surface area contributed by atoms with Gasteiger partial charge in [0.1, 0.15) is 0 Å². The third kappa shape index (κ3) is 4.73. The maximum Gasteiger partial charge on any atom is 0.192 e. The molecule has 0 bridgehead atoms. The molecule has 0 N–H and O–H groups in total. The van der Waals surface area contributed by atoms with E-state index in [1.807, 2.05) is 36.0 Å². The van der Waals surface area contributed by atoms with Gasteiger partial charge in [0.15, 0.2) is 11.0 Å². The van der Waals surface area contributed by atoms with Crippen LogP contribution >= 0.6 is 11.8 Å². The third-order valence-corrected chi connectivity index (χ3v) is 6.42. The minimum atomic E-state index is 0.706. The van der Waals surface area contributed by atoms with Crippen molar-refractivity contribution >= 4 is 11.8 Å². The average Bonchev–Trinajstić information content (AvgIpc) is 3.41. The van der Waals surface area contributed by atoms with Gasteiger partial charge in [-0.05, 0) is 55.3 Å². The molecule has 0 amide bonds. The fourth-order valence-corrected chi connectivity index (χ4v) is 4.68. The molecule has 0 aliphatic rings. The zero-order valence-corrected chi connectivity index (χ0v) is 19.4. The van der Waals surface area contributed by atoms with Crippen LogP contribution in [-0.4, -0.2) is 29.5 Å². The van der Waals surface area contributed by atoms with Gasteiger partial charge in [-0.2, -0.15) is 5.10 Å². The molecule has 0 unspecified atom stereocenters. The van der Waals surface area contributed by atoms with E-state index in [4.69, 9.17) is 0 Å². The molecule has 0 saturated carbocycles. The molecule has 0 radical (unpaired) electrons. The molecule has 3 aromatic heterocycles. The molecular weight excluding hydrogens is 428 g/mol. The molecule has 0 fully saturated rings. The van der Waals surface area contributed by atoms with Gasteiger partial charge in [-0.25, -0.2) is 4.68 Å². The van der Waals surface area contributed by atoms with Crippen LogP contribution in [0.5, 0.6) is 0 Å². The van der Waals surface area contributed by atoms with Gasteiger partial charge in [0.2, 0.25) is 0 Å². The molecule has 0 saturated heterocycles. The lowest BCUT2D eigenvalue weighted by atomic mass is 10.2. The van der Waals surface area contributed by atoms with Crippen LogP contribution in [0.15, 0.2) is 90.3 Å². The molecule has 164 valence electrons. The minimum Gasteiger partial charge on any atom is -0.297 e. The van der Waals surface area contributed by atoms with E-state index >= 15 is 0 Å². The van der Waals surface area contributed by atoms with Crippen LogP contribution in [-0.2, 0) is 12.3 Å². The highest BCUT2D eigenvalue weighted by Crippen LogP contribution is 2.27. The van der Waals surface area contributed by atoms with E-state index in [1.54, 1.807) is 18.0 Å². The average molecular weight is 453 g/mol. The predicted molar refractivity (Wildman–Crippen MR) is 131 cm³/mol. The molecule has 0 spiro atoms. The molecule has 0 aliphatic heterocycles. The summed E-state index contributed by atoms with van der Waals surface area (Å²) >= 11 is 1.69. The van der Waals surface area contributed by atoms with Crippen molar-refractivity contribution < 1.29 is 0 Å². The van der Waals surface area contributed by atoms with Crippen LogP contribution < -0.4 is 0 Å². The Morgan fingerprint density at radius 3 is 2.36 bits per heavy atom. The van der Waals surface area contributed by atoms with Crippen molar-refractivity contribution in [1.29, 1.82) is 0 Å². The summed E-state index contributed by atoms with van der Waals surface area (Å²) < 4.78 is 4.14. The second kappa shape index (κ2) is 9.42. The Morgan fingerprint density at radius 2 is 1.67 bits per heavy atom. The fraction of sp³-hybridized carbons (Fsp3) is 0.154. The topological polar surface area (TPSA) is 61.4 Å². The van der Waals surface area contributed by atoms with E-state index in [1.165, 1.54) is 11.1 Å². The minimum absolute atomic E-state index is 0.706.